The number of halogens is 1. The fourth-order valence-corrected chi connectivity index (χ4v) is 1.29. The Morgan fingerprint density at radius 2 is 2.29 bits per heavy atom. The van der Waals surface area contributed by atoms with E-state index in [1.165, 1.54) is 17.1 Å². The molecule has 14 heavy (non-hydrogen) atoms. The third-order valence-corrected chi connectivity index (χ3v) is 2.06. The van der Waals surface area contributed by atoms with Crippen molar-refractivity contribution < 1.29 is 4.42 Å². The molecular formula is C8H6BrN3O2. The van der Waals surface area contributed by atoms with Gasteiger partial charge in [-0.25, -0.2) is 0 Å². The molecule has 0 fully saturated rings. The molecule has 0 atom stereocenters. The first-order valence-electron chi connectivity index (χ1n) is 3.76. The molecule has 0 saturated carbocycles. The van der Waals surface area contributed by atoms with Crippen LogP contribution in [-0.2, 0) is 0 Å². The number of nitrogens with two attached hydrogens (primary N) is 1. The summed E-state index contributed by atoms with van der Waals surface area (Å²) < 4.78 is 7.38. The number of nitrogens with zero attached hydrogens (tertiary/aromatic N) is 2. The third kappa shape index (κ3) is 1.56. The lowest BCUT2D eigenvalue weighted by atomic mass is 10.5. The fourth-order valence-electron chi connectivity index (χ4n) is 0.992. The zero-order valence-corrected chi connectivity index (χ0v) is 8.56. The van der Waals surface area contributed by atoms with Crippen molar-refractivity contribution in [2.75, 3.05) is 5.73 Å². The van der Waals surface area contributed by atoms with Gasteiger partial charge in [-0.05, 0) is 22.0 Å². The topological polar surface area (TPSA) is 74.1 Å². The maximum absolute atomic E-state index is 10.9. The summed E-state index contributed by atoms with van der Waals surface area (Å²) in [6.07, 6.45) is 2.81. The standard InChI is InChI=1S/C8H6BrN3O2/c9-6-1-2-7(14-6)12-3-5(10)8(13)11-4-12/h1-4H,10H2. The molecule has 0 aliphatic carbocycles. The summed E-state index contributed by atoms with van der Waals surface area (Å²) in [5.74, 6) is 0.538. The van der Waals surface area contributed by atoms with Crippen molar-refractivity contribution in [2.24, 2.45) is 0 Å². The maximum Gasteiger partial charge on any atom is 0.295 e. The molecule has 0 spiro atoms. The molecule has 72 valence electrons. The van der Waals surface area contributed by atoms with Crippen molar-refractivity contribution >= 4 is 21.6 Å². The quantitative estimate of drug-likeness (QED) is 0.831. The average molecular weight is 256 g/mol. The van der Waals surface area contributed by atoms with E-state index in [1.54, 1.807) is 12.1 Å². The Morgan fingerprint density at radius 1 is 1.50 bits per heavy atom. The Bertz CT molecular complexity index is 517. The van der Waals surface area contributed by atoms with E-state index in [1.807, 2.05) is 0 Å². The van der Waals surface area contributed by atoms with E-state index in [4.69, 9.17) is 10.2 Å². The highest BCUT2D eigenvalue weighted by atomic mass is 79.9. The summed E-state index contributed by atoms with van der Waals surface area (Å²) >= 11 is 3.17. The minimum atomic E-state index is -0.438. The van der Waals surface area contributed by atoms with Gasteiger partial charge in [0.1, 0.15) is 12.0 Å². The van der Waals surface area contributed by atoms with Crippen LogP contribution in [0.1, 0.15) is 0 Å². The summed E-state index contributed by atoms with van der Waals surface area (Å²) in [6, 6.07) is 3.47. The highest BCUT2D eigenvalue weighted by Crippen LogP contribution is 2.17. The van der Waals surface area contributed by atoms with Crippen LogP contribution < -0.4 is 11.3 Å². The van der Waals surface area contributed by atoms with Gasteiger partial charge >= 0.3 is 0 Å². The molecule has 0 bridgehead atoms. The minimum absolute atomic E-state index is 0.0834. The SMILES string of the molecule is Nc1cn(-c2ccc(Br)o2)cnc1=O. The zero-order chi connectivity index (χ0) is 10.1. The van der Waals surface area contributed by atoms with Crippen molar-refractivity contribution in [3.63, 3.8) is 0 Å². The molecule has 0 radical (unpaired) electrons. The minimum Gasteiger partial charge on any atom is -0.433 e. The molecule has 0 aliphatic rings. The largest absolute Gasteiger partial charge is 0.433 e. The molecular weight excluding hydrogens is 250 g/mol. The number of furan rings is 1. The van der Waals surface area contributed by atoms with E-state index in [2.05, 4.69) is 20.9 Å². The highest BCUT2D eigenvalue weighted by Gasteiger charge is 2.02. The lowest BCUT2D eigenvalue weighted by Crippen LogP contribution is -2.14. The molecule has 2 rings (SSSR count). The lowest BCUT2D eigenvalue weighted by Gasteiger charge is -2.00. The Hall–Kier alpha value is -1.56. The van der Waals surface area contributed by atoms with Crippen molar-refractivity contribution in [3.05, 3.63) is 39.7 Å². The summed E-state index contributed by atoms with van der Waals surface area (Å²) in [6.45, 7) is 0. The average Bonchev–Trinajstić information content (AvgIpc) is 2.57. The van der Waals surface area contributed by atoms with Crippen LogP contribution in [0, 0.1) is 0 Å². The predicted molar refractivity (Wildman–Crippen MR) is 54.2 cm³/mol. The number of aromatic nitrogens is 2. The van der Waals surface area contributed by atoms with Gasteiger partial charge in [-0.2, -0.15) is 4.98 Å². The Balaban J connectivity index is 2.52. The normalized spacial score (nSPS) is 10.4. The highest BCUT2D eigenvalue weighted by molar-refractivity contribution is 9.10. The molecule has 2 aromatic heterocycles. The molecule has 2 N–H and O–H groups in total. The molecule has 5 nitrogen and oxygen atoms in total. The van der Waals surface area contributed by atoms with E-state index >= 15 is 0 Å². The number of rotatable bonds is 1. The fraction of sp³-hybridized carbons (Fsp3) is 0. The smallest absolute Gasteiger partial charge is 0.295 e. The van der Waals surface area contributed by atoms with Crippen molar-refractivity contribution in [3.8, 4) is 5.88 Å². The first kappa shape index (κ1) is 9.01. The van der Waals surface area contributed by atoms with Crippen molar-refractivity contribution in [1.82, 2.24) is 9.55 Å². The van der Waals surface area contributed by atoms with Crippen LogP contribution in [0.5, 0.6) is 0 Å². The molecule has 2 heterocycles. The van der Waals surface area contributed by atoms with Gasteiger partial charge in [-0.15, -0.1) is 0 Å². The predicted octanol–water partition coefficient (Wildman–Crippen LogP) is 1.17. The van der Waals surface area contributed by atoms with Gasteiger partial charge in [-0.3, -0.25) is 9.36 Å². The number of hydrogen-bond acceptors (Lipinski definition) is 4. The lowest BCUT2D eigenvalue weighted by molar-refractivity contribution is 0.513. The van der Waals surface area contributed by atoms with Crippen LogP contribution in [-0.4, -0.2) is 9.55 Å². The summed E-state index contributed by atoms with van der Waals surface area (Å²) in [7, 11) is 0. The van der Waals surface area contributed by atoms with Gasteiger partial charge in [0.25, 0.3) is 5.56 Å². The van der Waals surface area contributed by atoms with Crippen LogP contribution in [0.4, 0.5) is 5.69 Å². The molecule has 6 heteroatoms. The molecule has 0 aliphatic heterocycles. The Kier molecular flexibility index (Phi) is 2.12. The molecule has 0 unspecified atom stereocenters. The van der Waals surface area contributed by atoms with E-state index in [9.17, 15) is 4.79 Å². The van der Waals surface area contributed by atoms with E-state index in [0.29, 0.717) is 10.6 Å². The number of nitrogen functional groups attached to an aromatic ring is 1. The summed E-state index contributed by atoms with van der Waals surface area (Å²) in [5.41, 5.74) is 5.06. The van der Waals surface area contributed by atoms with Gasteiger partial charge in [-0.1, -0.05) is 0 Å². The summed E-state index contributed by atoms with van der Waals surface area (Å²) in [5, 5.41) is 0. The van der Waals surface area contributed by atoms with Crippen molar-refractivity contribution in [1.29, 1.82) is 0 Å². The Morgan fingerprint density at radius 3 is 2.86 bits per heavy atom. The van der Waals surface area contributed by atoms with E-state index in [0.717, 1.165) is 0 Å². The van der Waals surface area contributed by atoms with Crippen LogP contribution in [0.2, 0.25) is 0 Å². The second kappa shape index (κ2) is 3.30. The van der Waals surface area contributed by atoms with Crippen LogP contribution in [0.15, 0.2) is 38.5 Å². The first-order valence-corrected chi connectivity index (χ1v) is 4.55. The molecule has 2 aromatic rings. The van der Waals surface area contributed by atoms with Gasteiger partial charge in [0.15, 0.2) is 4.67 Å². The maximum atomic E-state index is 10.9. The molecule has 0 aromatic carbocycles. The second-order valence-corrected chi connectivity index (χ2v) is 3.40. The van der Waals surface area contributed by atoms with Gasteiger partial charge < -0.3 is 10.2 Å². The van der Waals surface area contributed by atoms with Gasteiger partial charge in [0.2, 0.25) is 5.88 Å². The Labute approximate surface area is 87.3 Å². The molecule has 0 amide bonds. The summed E-state index contributed by atoms with van der Waals surface area (Å²) in [4.78, 5) is 14.5. The van der Waals surface area contributed by atoms with Crippen LogP contribution >= 0.6 is 15.9 Å². The van der Waals surface area contributed by atoms with E-state index < -0.39 is 5.56 Å². The first-order chi connectivity index (χ1) is 6.66. The number of hydrogen-bond donors (Lipinski definition) is 1. The van der Waals surface area contributed by atoms with Crippen molar-refractivity contribution in [2.45, 2.75) is 0 Å². The number of anilines is 1. The van der Waals surface area contributed by atoms with E-state index in [-0.39, 0.29) is 5.69 Å². The van der Waals surface area contributed by atoms with Crippen LogP contribution in [0.3, 0.4) is 0 Å². The second-order valence-electron chi connectivity index (χ2n) is 2.62. The molecule has 0 saturated heterocycles. The van der Waals surface area contributed by atoms with Gasteiger partial charge in [0.05, 0.1) is 0 Å². The zero-order valence-electron chi connectivity index (χ0n) is 6.98. The van der Waals surface area contributed by atoms with Crippen LogP contribution in [0.25, 0.3) is 5.88 Å². The monoisotopic (exact) mass is 255 g/mol. The third-order valence-electron chi connectivity index (χ3n) is 1.64. The van der Waals surface area contributed by atoms with Gasteiger partial charge in [0, 0.05) is 12.3 Å².